The van der Waals surface area contributed by atoms with Crippen molar-refractivity contribution in [1.82, 2.24) is 0 Å². The second-order valence-electron chi connectivity index (χ2n) is 3.22. The van der Waals surface area contributed by atoms with Crippen LogP contribution >= 0.6 is 10.8 Å². The van der Waals surface area contributed by atoms with Gasteiger partial charge in [-0.05, 0) is 31.6 Å². The first kappa shape index (κ1) is 11.7. The van der Waals surface area contributed by atoms with Crippen molar-refractivity contribution in [2.45, 2.75) is 25.5 Å². The second kappa shape index (κ2) is 3.61. The van der Waals surface area contributed by atoms with Gasteiger partial charge in [0.1, 0.15) is 0 Å². The van der Waals surface area contributed by atoms with Gasteiger partial charge in [-0.1, -0.05) is 0 Å². The monoisotopic (exact) mass is 213 g/mol. The molecule has 0 rings (SSSR count). The van der Waals surface area contributed by atoms with Crippen LogP contribution in [0.25, 0.3) is 0 Å². The van der Waals surface area contributed by atoms with E-state index in [1.54, 1.807) is 20.8 Å². The van der Waals surface area contributed by atoms with E-state index in [9.17, 15) is 18.5 Å². The number of nitrogens with zero attached hydrogens (tertiary/aromatic N) is 1. The van der Waals surface area contributed by atoms with E-state index in [4.69, 9.17) is 0 Å². The molecule has 0 saturated carbocycles. The molecule has 0 heterocycles. The fourth-order valence-electron chi connectivity index (χ4n) is 0.536. The molecule has 0 aromatic carbocycles. The van der Waals surface area contributed by atoms with E-state index < -0.39 is 24.4 Å². The Hall–Kier alpha value is -0.300. The first-order valence-corrected chi connectivity index (χ1v) is 6.16. The third kappa shape index (κ3) is 6.41. The Kier molecular flexibility index (Phi) is 3.52. The van der Waals surface area contributed by atoms with Crippen LogP contribution in [0.4, 0.5) is 0 Å². The molecule has 0 radical (unpaired) electrons. The summed E-state index contributed by atoms with van der Waals surface area (Å²) in [6.07, 6.45) is 0. The highest BCUT2D eigenvalue weighted by atomic mass is 33.1. The molecule has 12 heavy (non-hydrogen) atoms. The van der Waals surface area contributed by atoms with Crippen molar-refractivity contribution in [1.29, 1.82) is 0 Å². The molecule has 0 N–H and O–H groups in total. The van der Waals surface area contributed by atoms with Crippen LogP contribution in [0.15, 0.2) is 0 Å². The van der Waals surface area contributed by atoms with Crippen molar-refractivity contribution < 1.29 is 13.3 Å². The van der Waals surface area contributed by atoms with Gasteiger partial charge < -0.3 is 0 Å². The molecule has 0 aromatic rings. The minimum Gasteiger partial charge on any atom is -0.263 e. The first-order chi connectivity index (χ1) is 5.12. The SMILES string of the molecule is CC(C)(C)SS(=O)(=O)C[N+](=O)[O-]. The molecule has 72 valence electrons. The van der Waals surface area contributed by atoms with Crippen molar-refractivity contribution in [2.24, 2.45) is 0 Å². The summed E-state index contributed by atoms with van der Waals surface area (Å²) < 4.78 is 21.5. The minimum absolute atomic E-state index is 0.505. The Morgan fingerprint density at radius 1 is 1.42 bits per heavy atom. The van der Waals surface area contributed by atoms with Crippen molar-refractivity contribution in [3.63, 3.8) is 0 Å². The van der Waals surface area contributed by atoms with Gasteiger partial charge in [0.05, 0.1) is 0 Å². The Bertz CT molecular complexity index is 264. The Balaban J connectivity index is 4.36. The van der Waals surface area contributed by atoms with E-state index in [-0.39, 0.29) is 0 Å². The van der Waals surface area contributed by atoms with E-state index in [1.807, 2.05) is 0 Å². The fraction of sp³-hybridized carbons (Fsp3) is 1.00. The summed E-state index contributed by atoms with van der Waals surface area (Å²) in [6, 6.07) is 0. The van der Waals surface area contributed by atoms with Crippen LogP contribution in [0, 0.1) is 10.1 Å². The highest BCUT2D eigenvalue weighted by Crippen LogP contribution is 2.29. The number of rotatable bonds is 3. The highest BCUT2D eigenvalue weighted by molar-refractivity contribution is 8.72. The Morgan fingerprint density at radius 3 is 2.08 bits per heavy atom. The third-order valence-corrected chi connectivity index (χ3v) is 4.50. The van der Waals surface area contributed by atoms with Crippen molar-refractivity contribution >= 4 is 19.7 Å². The molecule has 0 aliphatic carbocycles. The minimum atomic E-state index is -3.62. The van der Waals surface area contributed by atoms with Gasteiger partial charge in [0, 0.05) is 9.67 Å². The average molecular weight is 213 g/mol. The van der Waals surface area contributed by atoms with E-state index in [0.29, 0.717) is 10.8 Å². The van der Waals surface area contributed by atoms with Crippen LogP contribution < -0.4 is 0 Å². The van der Waals surface area contributed by atoms with Crippen LogP contribution in [0.3, 0.4) is 0 Å². The topological polar surface area (TPSA) is 77.3 Å². The van der Waals surface area contributed by atoms with E-state index in [1.165, 1.54) is 0 Å². The molecule has 0 bridgehead atoms. The highest BCUT2D eigenvalue weighted by Gasteiger charge is 2.26. The van der Waals surface area contributed by atoms with Gasteiger partial charge in [-0.15, -0.1) is 0 Å². The van der Waals surface area contributed by atoms with Gasteiger partial charge in [-0.2, -0.15) is 0 Å². The number of nitro groups is 1. The van der Waals surface area contributed by atoms with Crippen LogP contribution in [-0.2, 0) is 8.87 Å². The maximum Gasteiger partial charge on any atom is 0.311 e. The van der Waals surface area contributed by atoms with Crippen molar-refractivity contribution in [3.8, 4) is 0 Å². The molecule has 0 spiro atoms. The van der Waals surface area contributed by atoms with Gasteiger partial charge in [-0.3, -0.25) is 10.1 Å². The first-order valence-electron chi connectivity index (χ1n) is 3.17. The van der Waals surface area contributed by atoms with Gasteiger partial charge in [-0.25, -0.2) is 8.42 Å². The van der Waals surface area contributed by atoms with Crippen LogP contribution in [0.1, 0.15) is 20.8 Å². The molecule has 0 unspecified atom stereocenters. The third-order valence-electron chi connectivity index (χ3n) is 0.640. The number of hydrogen-bond donors (Lipinski definition) is 0. The van der Waals surface area contributed by atoms with Gasteiger partial charge in [0.2, 0.25) is 0 Å². The molecule has 0 amide bonds. The molecule has 5 nitrogen and oxygen atoms in total. The molecular weight excluding hydrogens is 202 g/mol. The van der Waals surface area contributed by atoms with Gasteiger partial charge in [0.15, 0.2) is 0 Å². The summed E-state index contributed by atoms with van der Waals surface area (Å²) in [7, 11) is -3.00. The smallest absolute Gasteiger partial charge is 0.263 e. The molecular formula is C5H11NO4S2. The summed E-state index contributed by atoms with van der Waals surface area (Å²) in [4.78, 5) is 9.07. The summed E-state index contributed by atoms with van der Waals surface area (Å²) in [5.74, 6) is -1.01. The lowest BCUT2D eigenvalue weighted by atomic mass is 10.3. The zero-order valence-electron chi connectivity index (χ0n) is 7.10. The lowest BCUT2D eigenvalue weighted by Gasteiger charge is -2.14. The molecule has 0 aromatic heterocycles. The predicted molar refractivity (Wildman–Crippen MR) is 48.1 cm³/mol. The summed E-state index contributed by atoms with van der Waals surface area (Å²) in [5.41, 5.74) is 0. The van der Waals surface area contributed by atoms with Crippen LogP contribution in [0.5, 0.6) is 0 Å². The Labute approximate surface area is 75.0 Å². The molecule has 0 fully saturated rings. The quantitative estimate of drug-likeness (QED) is 0.398. The van der Waals surface area contributed by atoms with Crippen LogP contribution in [0.2, 0.25) is 0 Å². The molecule has 0 atom stereocenters. The summed E-state index contributed by atoms with van der Waals surface area (Å²) in [5, 5.41) is 9.91. The molecule has 7 heteroatoms. The summed E-state index contributed by atoms with van der Waals surface area (Å²) >= 11 is 0. The second-order valence-corrected chi connectivity index (χ2v) is 8.00. The average Bonchev–Trinajstić information content (AvgIpc) is 1.48. The van der Waals surface area contributed by atoms with E-state index >= 15 is 0 Å². The Morgan fingerprint density at radius 2 is 1.83 bits per heavy atom. The number of hydrogen-bond acceptors (Lipinski definition) is 5. The van der Waals surface area contributed by atoms with Crippen molar-refractivity contribution in [2.75, 3.05) is 5.88 Å². The largest absolute Gasteiger partial charge is 0.311 e. The molecule has 0 aliphatic heterocycles. The summed E-state index contributed by atoms with van der Waals surface area (Å²) in [6.45, 7) is 5.07. The maximum absolute atomic E-state index is 11.0. The zero-order valence-corrected chi connectivity index (χ0v) is 8.74. The van der Waals surface area contributed by atoms with Gasteiger partial charge in [0.25, 0.3) is 8.87 Å². The zero-order chi connectivity index (χ0) is 9.99. The van der Waals surface area contributed by atoms with Crippen LogP contribution in [-0.4, -0.2) is 24.0 Å². The van der Waals surface area contributed by atoms with Crippen molar-refractivity contribution in [3.05, 3.63) is 10.1 Å². The maximum atomic E-state index is 11.0. The lowest BCUT2D eigenvalue weighted by Crippen LogP contribution is -2.18. The fourth-order valence-corrected chi connectivity index (χ4v) is 4.31. The lowest BCUT2D eigenvalue weighted by molar-refractivity contribution is -0.458. The predicted octanol–water partition coefficient (Wildman–Crippen LogP) is 1.08. The molecule has 0 aliphatic rings. The normalized spacial score (nSPS) is 12.9. The van der Waals surface area contributed by atoms with E-state index in [0.717, 1.165) is 0 Å². The standard InChI is InChI=1S/C5H11NO4S2/c1-5(2,3)11-12(9,10)4-6(7)8/h4H2,1-3H3. The van der Waals surface area contributed by atoms with Gasteiger partial charge >= 0.3 is 5.88 Å². The molecule has 0 saturated heterocycles. The van der Waals surface area contributed by atoms with E-state index in [2.05, 4.69) is 0 Å².